The van der Waals surface area contributed by atoms with Gasteiger partial charge in [0.25, 0.3) is 0 Å². The van der Waals surface area contributed by atoms with Crippen LogP contribution in [0.4, 0.5) is 10.5 Å². The van der Waals surface area contributed by atoms with Gasteiger partial charge in [-0.05, 0) is 32.9 Å². The van der Waals surface area contributed by atoms with Crippen molar-refractivity contribution in [2.45, 2.75) is 30.4 Å². The number of hydrogen-bond donors (Lipinski definition) is 1. The molecule has 2 aromatic heterocycles. The smallest absolute Gasteiger partial charge is 0.321 e. The highest BCUT2D eigenvalue weighted by atomic mass is 32.2. The Bertz CT molecular complexity index is 1210. The number of pyridine rings is 1. The maximum atomic E-state index is 13.1. The Morgan fingerprint density at radius 2 is 1.90 bits per heavy atom. The van der Waals surface area contributed by atoms with E-state index in [9.17, 15) is 13.2 Å². The van der Waals surface area contributed by atoms with Gasteiger partial charge in [-0.15, -0.1) is 0 Å². The molecule has 0 aliphatic rings. The van der Waals surface area contributed by atoms with Crippen LogP contribution < -0.4 is 10.1 Å². The van der Waals surface area contributed by atoms with E-state index in [0.717, 1.165) is 5.56 Å². The number of anilines is 1. The van der Waals surface area contributed by atoms with Gasteiger partial charge in [0.05, 0.1) is 23.7 Å². The Labute approximate surface area is 176 Å². The monoisotopic (exact) mass is 430 g/mol. The fourth-order valence-electron chi connectivity index (χ4n) is 2.88. The summed E-state index contributed by atoms with van der Waals surface area (Å²) in [6.07, 6.45) is 3.21. The molecular weight excluding hydrogens is 404 g/mol. The third kappa shape index (κ3) is 3.85. The summed E-state index contributed by atoms with van der Waals surface area (Å²) in [6.45, 7) is 4.95. The van der Waals surface area contributed by atoms with Crippen LogP contribution in [0.1, 0.15) is 20.8 Å². The zero-order valence-corrected chi connectivity index (χ0v) is 18.7. The first-order valence-electron chi connectivity index (χ1n) is 9.34. The number of imidazole rings is 1. The van der Waals surface area contributed by atoms with Gasteiger partial charge in [0.2, 0.25) is 0 Å². The summed E-state index contributed by atoms with van der Waals surface area (Å²) < 4.78 is 32.3. The fourth-order valence-corrected chi connectivity index (χ4v) is 4.19. The minimum absolute atomic E-state index is 0.0984. The fraction of sp³-hybridized carbons (Fsp3) is 0.333. The molecule has 1 aromatic carbocycles. The number of hydrogen-bond acceptors (Lipinski definition) is 5. The summed E-state index contributed by atoms with van der Waals surface area (Å²) in [5.41, 5.74) is 2.65. The van der Waals surface area contributed by atoms with E-state index in [1.807, 2.05) is 18.2 Å². The van der Waals surface area contributed by atoms with Crippen LogP contribution in [0.5, 0.6) is 5.75 Å². The van der Waals surface area contributed by atoms with Crippen LogP contribution in [0, 0.1) is 0 Å². The molecule has 0 bridgehead atoms. The van der Waals surface area contributed by atoms with Crippen molar-refractivity contribution in [1.29, 1.82) is 0 Å². The summed E-state index contributed by atoms with van der Waals surface area (Å²) in [7, 11) is 1.10. The Morgan fingerprint density at radius 1 is 1.20 bits per heavy atom. The number of urea groups is 1. The van der Waals surface area contributed by atoms with Gasteiger partial charge in [-0.1, -0.05) is 12.1 Å². The number of aromatic nitrogens is 2. The third-order valence-electron chi connectivity index (χ3n) is 4.71. The van der Waals surface area contributed by atoms with Crippen molar-refractivity contribution >= 4 is 27.2 Å². The number of fused-ring (bicyclic) bond motifs is 1. The molecule has 0 aliphatic carbocycles. The van der Waals surface area contributed by atoms with Gasteiger partial charge < -0.3 is 15.0 Å². The summed E-state index contributed by atoms with van der Waals surface area (Å²) in [6, 6.07) is 8.65. The molecular formula is C21H26N4O4S. The Morgan fingerprint density at radius 3 is 2.50 bits per heavy atom. The van der Waals surface area contributed by atoms with Crippen LogP contribution in [0.15, 0.2) is 47.6 Å². The number of carbonyl (C=O) groups excluding carboxylic acids is 1. The van der Waals surface area contributed by atoms with Crippen molar-refractivity contribution in [3.8, 4) is 17.0 Å². The summed E-state index contributed by atoms with van der Waals surface area (Å²) in [4.78, 5) is 17.9. The average Bonchev–Trinajstić information content (AvgIpc) is 3.09. The molecule has 0 saturated heterocycles. The van der Waals surface area contributed by atoms with E-state index in [0.29, 0.717) is 17.0 Å². The van der Waals surface area contributed by atoms with Crippen LogP contribution in [0.3, 0.4) is 0 Å². The molecule has 2 amide bonds. The normalized spacial score (nSPS) is 12.1. The second kappa shape index (κ2) is 7.64. The first-order chi connectivity index (χ1) is 14.0. The van der Waals surface area contributed by atoms with Crippen LogP contribution in [0.25, 0.3) is 16.9 Å². The molecule has 30 heavy (non-hydrogen) atoms. The van der Waals surface area contributed by atoms with Gasteiger partial charge in [0.15, 0.2) is 9.84 Å². The van der Waals surface area contributed by atoms with Gasteiger partial charge >= 0.3 is 6.03 Å². The number of methoxy groups -OCH3 is 1. The van der Waals surface area contributed by atoms with E-state index >= 15 is 0 Å². The molecule has 0 unspecified atom stereocenters. The predicted molar refractivity (Wildman–Crippen MR) is 117 cm³/mol. The van der Waals surface area contributed by atoms with Gasteiger partial charge in [-0.3, -0.25) is 4.40 Å². The zero-order valence-electron chi connectivity index (χ0n) is 17.9. The molecule has 3 aromatic rings. The Kier molecular flexibility index (Phi) is 5.51. The number of sulfone groups is 1. The quantitative estimate of drug-likeness (QED) is 0.682. The third-order valence-corrected chi connectivity index (χ3v) is 7.20. The largest absolute Gasteiger partial charge is 0.495 e. The van der Waals surface area contributed by atoms with E-state index in [-0.39, 0.29) is 16.7 Å². The van der Waals surface area contributed by atoms with E-state index in [2.05, 4.69) is 10.3 Å². The van der Waals surface area contributed by atoms with E-state index in [1.165, 1.54) is 12.0 Å². The molecule has 0 radical (unpaired) electrons. The SMILES string of the molecule is COc1cc2ncc(-c3cccc(NC(=O)N(C)C)c3)n2cc1S(=O)(=O)C(C)(C)C. The molecule has 1 N–H and O–H groups in total. The molecule has 9 heteroatoms. The van der Waals surface area contributed by atoms with Gasteiger partial charge in [0, 0.05) is 37.6 Å². The van der Waals surface area contributed by atoms with Gasteiger partial charge in [-0.25, -0.2) is 18.2 Å². The van der Waals surface area contributed by atoms with E-state index < -0.39 is 14.6 Å². The molecule has 0 spiro atoms. The number of amides is 2. The minimum Gasteiger partial charge on any atom is -0.495 e. The van der Waals surface area contributed by atoms with Crippen molar-refractivity contribution in [2.75, 3.05) is 26.5 Å². The Balaban J connectivity index is 2.16. The van der Waals surface area contributed by atoms with Crippen molar-refractivity contribution in [2.24, 2.45) is 0 Å². The van der Waals surface area contributed by atoms with E-state index in [1.54, 1.807) is 63.8 Å². The number of nitrogens with zero attached hydrogens (tertiary/aromatic N) is 3. The molecule has 3 rings (SSSR count). The molecule has 0 fully saturated rings. The predicted octanol–water partition coefficient (Wildman–Crippen LogP) is 3.68. The summed E-state index contributed by atoms with van der Waals surface area (Å²) in [5, 5.41) is 2.81. The second-order valence-corrected chi connectivity index (χ2v) is 10.8. The average molecular weight is 431 g/mol. The zero-order chi connectivity index (χ0) is 22.3. The Hall–Kier alpha value is -3.07. The molecule has 2 heterocycles. The summed E-state index contributed by atoms with van der Waals surface area (Å²) >= 11 is 0. The highest BCUT2D eigenvalue weighted by molar-refractivity contribution is 7.92. The molecule has 0 atom stereocenters. The summed E-state index contributed by atoms with van der Waals surface area (Å²) in [5.74, 6) is 0.251. The van der Waals surface area contributed by atoms with Crippen LogP contribution >= 0.6 is 0 Å². The first-order valence-corrected chi connectivity index (χ1v) is 10.8. The first kappa shape index (κ1) is 21.6. The maximum absolute atomic E-state index is 13.1. The number of ether oxygens (including phenoxy) is 1. The number of carbonyl (C=O) groups is 1. The van der Waals surface area contributed by atoms with Crippen molar-refractivity contribution in [3.05, 3.63) is 42.7 Å². The number of nitrogens with one attached hydrogen (secondary N) is 1. The van der Waals surface area contributed by atoms with E-state index in [4.69, 9.17) is 4.74 Å². The second-order valence-electron chi connectivity index (χ2n) is 8.10. The highest BCUT2D eigenvalue weighted by Gasteiger charge is 2.34. The maximum Gasteiger partial charge on any atom is 0.321 e. The van der Waals surface area contributed by atoms with Crippen molar-refractivity contribution in [1.82, 2.24) is 14.3 Å². The molecule has 0 saturated carbocycles. The number of benzene rings is 1. The highest BCUT2D eigenvalue weighted by Crippen LogP contribution is 2.34. The lowest BCUT2D eigenvalue weighted by Gasteiger charge is -2.21. The standard InChI is InChI=1S/C21H26N4O4S/c1-21(2,3)30(27,28)18-13-25-16(12-22-19(25)11-17(18)29-6)14-8-7-9-15(10-14)23-20(26)24(4)5/h7-13H,1-6H3,(H,23,26). The van der Waals surface area contributed by atoms with Crippen LogP contribution in [-0.4, -0.2) is 54.7 Å². The van der Waals surface area contributed by atoms with Crippen LogP contribution in [0.2, 0.25) is 0 Å². The molecule has 8 nitrogen and oxygen atoms in total. The van der Waals surface area contributed by atoms with Crippen molar-refractivity contribution in [3.63, 3.8) is 0 Å². The van der Waals surface area contributed by atoms with Gasteiger partial charge in [-0.2, -0.15) is 0 Å². The van der Waals surface area contributed by atoms with Crippen molar-refractivity contribution < 1.29 is 17.9 Å². The molecule has 0 aliphatic heterocycles. The lowest BCUT2D eigenvalue weighted by Crippen LogP contribution is -2.28. The van der Waals surface area contributed by atoms with Crippen LogP contribution in [-0.2, 0) is 9.84 Å². The number of rotatable bonds is 4. The van der Waals surface area contributed by atoms with Gasteiger partial charge in [0.1, 0.15) is 16.3 Å². The topological polar surface area (TPSA) is 93.0 Å². The lowest BCUT2D eigenvalue weighted by atomic mass is 10.1. The molecule has 160 valence electrons. The minimum atomic E-state index is -3.66. The lowest BCUT2D eigenvalue weighted by molar-refractivity contribution is 0.230.